The van der Waals surface area contributed by atoms with Crippen molar-refractivity contribution in [3.8, 4) is 0 Å². The highest BCUT2D eigenvalue weighted by molar-refractivity contribution is 5.82. The first kappa shape index (κ1) is 17.4. The van der Waals surface area contributed by atoms with Gasteiger partial charge in [-0.1, -0.05) is 43.7 Å². The minimum absolute atomic E-state index is 0.312. The molecule has 0 saturated carbocycles. The molecular weight excluding hydrogens is 314 g/mol. The smallest absolute Gasteiger partial charge is 0.165 e. The normalized spacial score (nSPS) is 13.1. The molecule has 2 N–H and O–H groups in total. The molecule has 25 heavy (non-hydrogen) atoms. The maximum absolute atomic E-state index is 10.7. The maximum Gasteiger partial charge on any atom is 0.165 e. The minimum atomic E-state index is -0.969. The Morgan fingerprint density at radius 1 is 1.16 bits per heavy atom. The predicted octanol–water partition coefficient (Wildman–Crippen LogP) is 3.55. The second-order valence-corrected chi connectivity index (χ2v) is 6.83. The molecule has 6 heteroatoms. The maximum atomic E-state index is 10.7. The summed E-state index contributed by atoms with van der Waals surface area (Å²) < 4.78 is 2.05. The van der Waals surface area contributed by atoms with E-state index in [9.17, 15) is 5.11 Å². The van der Waals surface area contributed by atoms with Gasteiger partial charge in [-0.05, 0) is 25.8 Å². The Hall–Kier alpha value is -2.47. The average molecular weight is 339 g/mol. The van der Waals surface area contributed by atoms with Crippen molar-refractivity contribution in [3.63, 3.8) is 0 Å². The number of unbranched alkanes of at least 4 members (excludes halogenated alkanes) is 1. The summed E-state index contributed by atoms with van der Waals surface area (Å²) in [6.45, 7) is 6.62. The summed E-state index contributed by atoms with van der Waals surface area (Å²) in [5.74, 6) is 0.635. The van der Waals surface area contributed by atoms with E-state index in [-0.39, 0.29) is 6.04 Å². The number of nitrogens with zero attached hydrogens (tertiary/aromatic N) is 4. The van der Waals surface area contributed by atoms with E-state index in [0.29, 0.717) is 5.82 Å². The molecule has 0 saturated heterocycles. The molecule has 2 aromatic heterocycles. The molecular formula is C19H25N5O. The number of hydrogen-bond acceptors (Lipinski definition) is 5. The Bertz CT molecular complexity index is 823. The van der Waals surface area contributed by atoms with E-state index in [2.05, 4.69) is 27.2 Å². The molecule has 132 valence electrons. The predicted molar refractivity (Wildman–Crippen MR) is 99.3 cm³/mol. The molecule has 0 aliphatic carbocycles. The SMILES string of the molecule is CCCCn1cnc2c(N[C@H](c3ccccc3)C(C)(C)O)ncnc21. The number of fused-ring (bicyclic) bond motifs is 1. The van der Waals surface area contributed by atoms with Crippen LogP contribution in [0.2, 0.25) is 0 Å². The molecule has 0 spiro atoms. The largest absolute Gasteiger partial charge is 0.388 e. The Balaban J connectivity index is 1.96. The van der Waals surface area contributed by atoms with Crippen LogP contribution >= 0.6 is 0 Å². The quantitative estimate of drug-likeness (QED) is 0.688. The first-order valence-electron chi connectivity index (χ1n) is 8.70. The standard InChI is InChI=1S/C19H25N5O/c1-4-5-11-24-13-22-15-17(20-12-21-18(15)24)23-16(19(2,3)25)14-9-7-6-8-10-14/h6-10,12-13,16,25H,4-5,11H2,1-3H3,(H,20,21,23)/t16-/m1/s1. The third-order valence-electron chi connectivity index (χ3n) is 4.27. The number of benzene rings is 1. The summed E-state index contributed by atoms with van der Waals surface area (Å²) in [7, 11) is 0. The monoisotopic (exact) mass is 339 g/mol. The number of aryl methyl sites for hydroxylation is 1. The van der Waals surface area contributed by atoms with E-state index in [1.165, 1.54) is 0 Å². The molecule has 0 aliphatic heterocycles. The second kappa shape index (κ2) is 7.19. The Morgan fingerprint density at radius 2 is 1.92 bits per heavy atom. The lowest BCUT2D eigenvalue weighted by atomic mass is 9.92. The van der Waals surface area contributed by atoms with Gasteiger partial charge >= 0.3 is 0 Å². The van der Waals surface area contributed by atoms with Crippen LogP contribution < -0.4 is 5.32 Å². The van der Waals surface area contributed by atoms with Crippen LogP contribution in [0.3, 0.4) is 0 Å². The van der Waals surface area contributed by atoms with Crippen LogP contribution in [0.4, 0.5) is 5.82 Å². The fraction of sp³-hybridized carbons (Fsp3) is 0.421. The second-order valence-electron chi connectivity index (χ2n) is 6.83. The number of rotatable bonds is 7. The Labute approximate surface area is 148 Å². The minimum Gasteiger partial charge on any atom is -0.388 e. The van der Waals surface area contributed by atoms with Crippen LogP contribution in [0, 0.1) is 0 Å². The fourth-order valence-electron chi connectivity index (χ4n) is 2.93. The van der Waals surface area contributed by atoms with Gasteiger partial charge < -0.3 is 15.0 Å². The van der Waals surface area contributed by atoms with Crippen LogP contribution in [-0.2, 0) is 6.54 Å². The number of hydrogen-bond donors (Lipinski definition) is 2. The lowest BCUT2D eigenvalue weighted by Gasteiger charge is -2.31. The van der Waals surface area contributed by atoms with Crippen molar-refractivity contribution in [1.29, 1.82) is 0 Å². The third-order valence-corrected chi connectivity index (χ3v) is 4.27. The molecule has 2 heterocycles. The molecule has 6 nitrogen and oxygen atoms in total. The zero-order valence-electron chi connectivity index (χ0n) is 15.0. The number of aromatic nitrogens is 4. The van der Waals surface area contributed by atoms with Crippen molar-refractivity contribution >= 4 is 17.0 Å². The van der Waals surface area contributed by atoms with Gasteiger partial charge in [0.05, 0.1) is 18.0 Å². The first-order chi connectivity index (χ1) is 12.0. The van der Waals surface area contributed by atoms with E-state index < -0.39 is 5.60 Å². The molecule has 0 unspecified atom stereocenters. The van der Waals surface area contributed by atoms with Gasteiger partial charge in [0.1, 0.15) is 11.8 Å². The highest BCUT2D eigenvalue weighted by Gasteiger charge is 2.29. The summed E-state index contributed by atoms with van der Waals surface area (Å²) in [6, 6.07) is 9.56. The molecule has 0 fully saturated rings. The molecule has 0 aliphatic rings. The summed E-state index contributed by atoms with van der Waals surface area (Å²) in [5, 5.41) is 14.0. The fourth-order valence-corrected chi connectivity index (χ4v) is 2.93. The average Bonchev–Trinajstić information content (AvgIpc) is 3.01. The van der Waals surface area contributed by atoms with Crippen molar-refractivity contribution in [3.05, 3.63) is 48.5 Å². The van der Waals surface area contributed by atoms with Gasteiger partial charge in [0, 0.05) is 6.54 Å². The van der Waals surface area contributed by atoms with Crippen LogP contribution in [0.5, 0.6) is 0 Å². The van der Waals surface area contributed by atoms with Crippen LogP contribution in [0.1, 0.15) is 45.2 Å². The number of anilines is 1. The third kappa shape index (κ3) is 3.79. The number of imidazole rings is 1. The summed E-state index contributed by atoms with van der Waals surface area (Å²) >= 11 is 0. The van der Waals surface area contributed by atoms with Gasteiger partial charge in [0.2, 0.25) is 0 Å². The van der Waals surface area contributed by atoms with Crippen molar-refractivity contribution in [2.45, 2.75) is 51.8 Å². The van der Waals surface area contributed by atoms with E-state index in [1.807, 2.05) is 41.2 Å². The zero-order chi connectivity index (χ0) is 17.9. The topological polar surface area (TPSA) is 75.9 Å². The van der Waals surface area contributed by atoms with E-state index in [1.54, 1.807) is 20.2 Å². The number of aliphatic hydroxyl groups is 1. The van der Waals surface area contributed by atoms with Crippen molar-refractivity contribution < 1.29 is 5.11 Å². The lowest BCUT2D eigenvalue weighted by Crippen LogP contribution is -2.34. The van der Waals surface area contributed by atoms with E-state index in [0.717, 1.165) is 36.1 Å². The van der Waals surface area contributed by atoms with Gasteiger partial charge in [-0.3, -0.25) is 0 Å². The van der Waals surface area contributed by atoms with Crippen LogP contribution in [0.25, 0.3) is 11.2 Å². The van der Waals surface area contributed by atoms with Gasteiger partial charge in [-0.15, -0.1) is 0 Å². The van der Waals surface area contributed by atoms with E-state index >= 15 is 0 Å². The van der Waals surface area contributed by atoms with Crippen molar-refractivity contribution in [2.24, 2.45) is 0 Å². The summed E-state index contributed by atoms with van der Waals surface area (Å²) in [6.07, 6.45) is 5.54. The molecule has 1 atom stereocenters. The number of nitrogens with one attached hydrogen (secondary N) is 1. The molecule has 0 amide bonds. The van der Waals surface area contributed by atoms with Gasteiger partial charge in [-0.25, -0.2) is 15.0 Å². The highest BCUT2D eigenvalue weighted by Crippen LogP contribution is 2.30. The first-order valence-corrected chi connectivity index (χ1v) is 8.70. The Kier molecular flexibility index (Phi) is 4.99. The summed E-state index contributed by atoms with van der Waals surface area (Å²) in [5.41, 5.74) is 1.56. The van der Waals surface area contributed by atoms with Gasteiger partial charge in [0.15, 0.2) is 11.5 Å². The molecule has 1 aromatic carbocycles. The molecule has 3 rings (SSSR count). The molecule has 0 radical (unpaired) electrons. The van der Waals surface area contributed by atoms with Crippen molar-refractivity contribution in [1.82, 2.24) is 19.5 Å². The van der Waals surface area contributed by atoms with Crippen molar-refractivity contribution in [2.75, 3.05) is 5.32 Å². The van der Waals surface area contributed by atoms with Crippen LogP contribution in [0.15, 0.2) is 43.0 Å². The van der Waals surface area contributed by atoms with Crippen LogP contribution in [-0.4, -0.2) is 30.2 Å². The molecule has 0 bridgehead atoms. The highest BCUT2D eigenvalue weighted by atomic mass is 16.3. The lowest BCUT2D eigenvalue weighted by molar-refractivity contribution is 0.0588. The van der Waals surface area contributed by atoms with Gasteiger partial charge in [0.25, 0.3) is 0 Å². The van der Waals surface area contributed by atoms with E-state index in [4.69, 9.17) is 0 Å². The summed E-state index contributed by atoms with van der Waals surface area (Å²) in [4.78, 5) is 13.2. The Morgan fingerprint density at radius 3 is 2.60 bits per heavy atom. The molecule has 3 aromatic rings. The zero-order valence-corrected chi connectivity index (χ0v) is 15.0. The van der Waals surface area contributed by atoms with Gasteiger partial charge in [-0.2, -0.15) is 0 Å².